The summed E-state index contributed by atoms with van der Waals surface area (Å²) in [4.78, 5) is 10.7. The Hall–Kier alpha value is -0.870. The number of hydrogen-bond donors (Lipinski definition) is 0. The van der Waals surface area contributed by atoms with Gasteiger partial charge in [0.1, 0.15) is 0 Å². The second-order valence-corrected chi connectivity index (χ2v) is 4.12. The lowest BCUT2D eigenvalue weighted by atomic mass is 9.84. The molecular formula is C12H20O4. The molecule has 0 radical (unpaired) electrons. The van der Waals surface area contributed by atoms with Gasteiger partial charge >= 0.3 is 5.97 Å². The Morgan fingerprint density at radius 1 is 1.50 bits per heavy atom. The van der Waals surface area contributed by atoms with Gasteiger partial charge in [0.15, 0.2) is 0 Å². The van der Waals surface area contributed by atoms with E-state index in [2.05, 4.69) is 13.5 Å². The van der Waals surface area contributed by atoms with Crippen molar-refractivity contribution in [2.75, 3.05) is 33.0 Å². The van der Waals surface area contributed by atoms with Crippen LogP contribution >= 0.6 is 0 Å². The third-order valence-corrected chi connectivity index (χ3v) is 2.82. The van der Waals surface area contributed by atoms with Gasteiger partial charge in [-0.05, 0) is 6.42 Å². The van der Waals surface area contributed by atoms with E-state index in [-0.39, 0.29) is 11.4 Å². The van der Waals surface area contributed by atoms with Gasteiger partial charge in [-0.25, -0.2) is 4.79 Å². The summed E-state index contributed by atoms with van der Waals surface area (Å²) in [7, 11) is 0. The molecule has 1 aliphatic heterocycles. The van der Waals surface area contributed by atoms with Crippen molar-refractivity contribution in [1.29, 1.82) is 0 Å². The molecule has 1 rings (SSSR count). The van der Waals surface area contributed by atoms with Crippen LogP contribution in [0.4, 0.5) is 0 Å². The first kappa shape index (κ1) is 13.2. The van der Waals surface area contributed by atoms with Crippen LogP contribution in [0.1, 0.15) is 19.8 Å². The lowest BCUT2D eigenvalue weighted by molar-refractivity contribution is -0.151. The molecule has 4 heteroatoms. The highest BCUT2D eigenvalue weighted by Gasteiger charge is 2.36. The number of rotatable bonds is 8. The van der Waals surface area contributed by atoms with E-state index in [9.17, 15) is 4.79 Å². The van der Waals surface area contributed by atoms with Crippen molar-refractivity contribution >= 4 is 5.97 Å². The van der Waals surface area contributed by atoms with Gasteiger partial charge in [0.05, 0.1) is 26.4 Å². The molecule has 0 saturated carbocycles. The van der Waals surface area contributed by atoms with E-state index >= 15 is 0 Å². The number of ether oxygens (including phenoxy) is 3. The number of hydrogen-bond acceptors (Lipinski definition) is 4. The summed E-state index contributed by atoms with van der Waals surface area (Å²) in [6.07, 6.45) is 2.97. The second kappa shape index (κ2) is 6.66. The number of esters is 1. The highest BCUT2D eigenvalue weighted by Crippen LogP contribution is 2.31. The topological polar surface area (TPSA) is 44.8 Å². The highest BCUT2D eigenvalue weighted by molar-refractivity contribution is 5.81. The molecule has 0 N–H and O–H groups in total. The van der Waals surface area contributed by atoms with Crippen LogP contribution in [0.15, 0.2) is 12.7 Å². The van der Waals surface area contributed by atoms with Crippen LogP contribution in [0.2, 0.25) is 0 Å². The molecule has 0 bridgehead atoms. The van der Waals surface area contributed by atoms with Gasteiger partial charge in [-0.1, -0.05) is 13.5 Å². The van der Waals surface area contributed by atoms with Gasteiger partial charge in [0, 0.05) is 24.5 Å². The average molecular weight is 228 g/mol. The standard InChI is InChI=1S/C12H20O4/c1-3-11(13)16-7-5-6-14-8-12(4-2)9-15-10-12/h3H,1,4-10H2,2H3. The SMILES string of the molecule is C=CC(=O)OCCCOCC1(CC)COC1. The van der Waals surface area contributed by atoms with E-state index in [0.29, 0.717) is 13.2 Å². The molecule has 1 fully saturated rings. The Morgan fingerprint density at radius 2 is 2.25 bits per heavy atom. The first-order valence-corrected chi connectivity index (χ1v) is 5.67. The fraction of sp³-hybridized carbons (Fsp3) is 0.750. The van der Waals surface area contributed by atoms with E-state index in [1.54, 1.807) is 0 Å². The van der Waals surface area contributed by atoms with Crippen LogP contribution in [0, 0.1) is 5.41 Å². The minimum Gasteiger partial charge on any atom is -0.462 e. The molecule has 0 atom stereocenters. The van der Waals surface area contributed by atoms with E-state index in [1.165, 1.54) is 6.08 Å². The van der Waals surface area contributed by atoms with Crippen molar-refractivity contribution in [1.82, 2.24) is 0 Å². The molecule has 1 heterocycles. The summed E-state index contributed by atoms with van der Waals surface area (Å²) < 4.78 is 15.6. The predicted molar refractivity (Wildman–Crippen MR) is 60.1 cm³/mol. The van der Waals surface area contributed by atoms with Gasteiger partial charge in [-0.2, -0.15) is 0 Å². The van der Waals surface area contributed by atoms with E-state index in [1.807, 2.05) is 0 Å². The molecule has 0 unspecified atom stereocenters. The summed E-state index contributed by atoms with van der Waals surface area (Å²) in [5.74, 6) is -0.377. The number of carbonyl (C=O) groups excluding carboxylic acids is 1. The fourth-order valence-corrected chi connectivity index (χ4v) is 1.46. The van der Waals surface area contributed by atoms with Crippen molar-refractivity contribution in [3.63, 3.8) is 0 Å². The van der Waals surface area contributed by atoms with Crippen molar-refractivity contribution in [3.8, 4) is 0 Å². The largest absolute Gasteiger partial charge is 0.462 e. The fourth-order valence-electron chi connectivity index (χ4n) is 1.46. The molecule has 0 aromatic carbocycles. The summed E-state index contributed by atoms with van der Waals surface area (Å²) in [5, 5.41) is 0. The van der Waals surface area contributed by atoms with Crippen LogP contribution in [-0.4, -0.2) is 39.0 Å². The maximum absolute atomic E-state index is 10.7. The summed E-state index contributed by atoms with van der Waals surface area (Å²) in [6, 6.07) is 0. The molecule has 0 amide bonds. The summed E-state index contributed by atoms with van der Waals surface area (Å²) in [5.41, 5.74) is 0.234. The second-order valence-electron chi connectivity index (χ2n) is 4.12. The predicted octanol–water partition coefficient (Wildman–Crippen LogP) is 1.55. The van der Waals surface area contributed by atoms with Crippen LogP contribution in [0.5, 0.6) is 0 Å². The lowest BCUT2D eigenvalue weighted by Gasteiger charge is -2.40. The van der Waals surface area contributed by atoms with Gasteiger partial charge in [-0.15, -0.1) is 0 Å². The zero-order chi connectivity index (χ0) is 11.9. The van der Waals surface area contributed by atoms with Crippen LogP contribution in [0.25, 0.3) is 0 Å². The van der Waals surface area contributed by atoms with Crippen molar-refractivity contribution < 1.29 is 19.0 Å². The van der Waals surface area contributed by atoms with Crippen LogP contribution in [-0.2, 0) is 19.0 Å². The average Bonchev–Trinajstić information content (AvgIpc) is 2.25. The van der Waals surface area contributed by atoms with Crippen molar-refractivity contribution in [2.24, 2.45) is 5.41 Å². The Balaban J connectivity index is 1.95. The molecule has 1 saturated heterocycles. The molecule has 0 aliphatic carbocycles. The van der Waals surface area contributed by atoms with Crippen molar-refractivity contribution in [2.45, 2.75) is 19.8 Å². The first-order chi connectivity index (χ1) is 7.72. The van der Waals surface area contributed by atoms with Crippen LogP contribution in [0.3, 0.4) is 0 Å². The Labute approximate surface area is 96.6 Å². The lowest BCUT2D eigenvalue weighted by Crippen LogP contribution is -2.45. The highest BCUT2D eigenvalue weighted by atomic mass is 16.5. The van der Waals surface area contributed by atoms with E-state index < -0.39 is 0 Å². The molecule has 0 spiro atoms. The van der Waals surface area contributed by atoms with Crippen LogP contribution < -0.4 is 0 Å². The maximum Gasteiger partial charge on any atom is 0.330 e. The zero-order valence-corrected chi connectivity index (χ0v) is 9.87. The third-order valence-electron chi connectivity index (χ3n) is 2.82. The maximum atomic E-state index is 10.7. The smallest absolute Gasteiger partial charge is 0.330 e. The summed E-state index contributed by atoms with van der Waals surface area (Å²) in [6.45, 7) is 8.81. The van der Waals surface area contributed by atoms with E-state index in [4.69, 9.17) is 14.2 Å². The Morgan fingerprint density at radius 3 is 2.75 bits per heavy atom. The number of carbonyl (C=O) groups is 1. The normalized spacial score (nSPS) is 17.6. The van der Waals surface area contributed by atoms with Gasteiger partial charge in [0.25, 0.3) is 0 Å². The molecule has 0 aromatic rings. The molecule has 92 valence electrons. The third kappa shape index (κ3) is 3.94. The monoisotopic (exact) mass is 228 g/mol. The van der Waals surface area contributed by atoms with Gasteiger partial charge in [0.2, 0.25) is 0 Å². The van der Waals surface area contributed by atoms with Crippen molar-refractivity contribution in [3.05, 3.63) is 12.7 Å². The first-order valence-electron chi connectivity index (χ1n) is 5.67. The van der Waals surface area contributed by atoms with E-state index in [0.717, 1.165) is 32.7 Å². The molecule has 0 aromatic heterocycles. The molecule has 16 heavy (non-hydrogen) atoms. The summed E-state index contributed by atoms with van der Waals surface area (Å²) >= 11 is 0. The Bertz CT molecular complexity index is 228. The molecule has 1 aliphatic rings. The minimum absolute atomic E-state index is 0.234. The zero-order valence-electron chi connectivity index (χ0n) is 9.87. The van der Waals surface area contributed by atoms with Gasteiger partial charge in [-0.3, -0.25) is 0 Å². The minimum atomic E-state index is -0.377. The molecular weight excluding hydrogens is 208 g/mol. The quantitative estimate of drug-likeness (QED) is 0.359. The van der Waals surface area contributed by atoms with Gasteiger partial charge < -0.3 is 14.2 Å². The Kier molecular flexibility index (Phi) is 5.49. The molecule has 4 nitrogen and oxygen atoms in total.